The average Bonchev–Trinajstić information content (AvgIpc) is 2.33. The molecule has 0 bridgehead atoms. The Morgan fingerprint density at radius 1 is 1.42 bits per heavy atom. The smallest absolute Gasteiger partial charge is 0.0584 e. The molecule has 1 heterocycles. The van der Waals surface area contributed by atoms with Crippen LogP contribution in [-0.4, -0.2) is 0 Å². The molecule has 0 amide bonds. The second-order valence-corrected chi connectivity index (χ2v) is 5.05. The minimum absolute atomic E-state index is 0.824. The van der Waals surface area contributed by atoms with E-state index < -0.39 is 0 Å². The van der Waals surface area contributed by atoms with E-state index >= 15 is 0 Å². The summed E-state index contributed by atoms with van der Waals surface area (Å²) in [5.74, 6) is 0. The maximum atomic E-state index is 5.83. The Balaban J connectivity index is 2.92. The number of anilines is 1. The number of nitrogen functional groups attached to an aromatic ring is 1. The average molecular weight is 307 g/mol. The maximum Gasteiger partial charge on any atom is 0.0584 e. The van der Waals surface area contributed by atoms with Crippen LogP contribution in [0.4, 0.5) is 5.69 Å². The highest BCUT2D eigenvalue weighted by Crippen LogP contribution is 2.33. The number of rotatable bonds is 0. The van der Waals surface area contributed by atoms with E-state index in [0.29, 0.717) is 0 Å². The minimum Gasteiger partial charge on any atom is -0.398 e. The number of thiol groups is 1. The largest absolute Gasteiger partial charge is 0.398 e. The Morgan fingerprint density at radius 2 is 2.17 bits per heavy atom. The van der Waals surface area contributed by atoms with Crippen molar-refractivity contribution < 1.29 is 0 Å². The van der Waals surface area contributed by atoms with Gasteiger partial charge in [0.2, 0.25) is 0 Å². The van der Waals surface area contributed by atoms with Crippen molar-refractivity contribution >= 4 is 62.3 Å². The van der Waals surface area contributed by atoms with Crippen molar-refractivity contribution in [2.75, 3.05) is 5.73 Å². The van der Waals surface area contributed by atoms with Gasteiger partial charge in [0, 0.05) is 19.2 Å². The number of hydrogen-bond acceptors (Lipinski definition) is 3. The standard InChI is InChI=1S/C8H6INS2/c9-6-3-12-8-5(6)1-4(11)2-7(8)10/h1-3,11H,10H2. The molecule has 0 radical (unpaired) electrons. The van der Waals surface area contributed by atoms with Crippen LogP contribution in [0.3, 0.4) is 0 Å². The molecular weight excluding hydrogens is 301 g/mol. The molecule has 0 aliphatic rings. The maximum absolute atomic E-state index is 5.83. The Kier molecular flexibility index (Phi) is 2.22. The fourth-order valence-electron chi connectivity index (χ4n) is 1.12. The van der Waals surface area contributed by atoms with E-state index in [1.165, 1.54) is 8.96 Å². The third-order valence-electron chi connectivity index (χ3n) is 1.64. The molecule has 0 fully saturated rings. The van der Waals surface area contributed by atoms with Crippen LogP contribution in [0.2, 0.25) is 0 Å². The second kappa shape index (κ2) is 3.08. The number of halogens is 1. The first kappa shape index (κ1) is 8.65. The van der Waals surface area contributed by atoms with Crippen LogP contribution in [0.5, 0.6) is 0 Å². The molecular formula is C8H6INS2. The number of benzene rings is 1. The predicted molar refractivity (Wildman–Crippen MR) is 66.2 cm³/mol. The zero-order chi connectivity index (χ0) is 8.72. The lowest BCUT2D eigenvalue weighted by molar-refractivity contribution is 1.53. The second-order valence-electron chi connectivity index (χ2n) is 2.50. The van der Waals surface area contributed by atoms with Gasteiger partial charge in [-0.25, -0.2) is 0 Å². The van der Waals surface area contributed by atoms with E-state index in [9.17, 15) is 0 Å². The first-order chi connectivity index (χ1) is 5.68. The van der Waals surface area contributed by atoms with E-state index in [0.717, 1.165) is 15.3 Å². The molecule has 1 nitrogen and oxygen atoms in total. The summed E-state index contributed by atoms with van der Waals surface area (Å²) >= 11 is 8.26. The highest BCUT2D eigenvalue weighted by molar-refractivity contribution is 14.1. The number of thiophene rings is 1. The molecule has 0 aliphatic carbocycles. The van der Waals surface area contributed by atoms with Gasteiger partial charge in [0.05, 0.1) is 10.4 Å². The Labute approximate surface area is 93.5 Å². The van der Waals surface area contributed by atoms with Crippen molar-refractivity contribution in [2.24, 2.45) is 0 Å². The Bertz CT molecular complexity index is 436. The van der Waals surface area contributed by atoms with E-state index in [1.54, 1.807) is 11.3 Å². The van der Waals surface area contributed by atoms with Crippen molar-refractivity contribution in [2.45, 2.75) is 4.90 Å². The fraction of sp³-hybridized carbons (Fsp3) is 0. The van der Waals surface area contributed by atoms with Gasteiger partial charge in [0.15, 0.2) is 0 Å². The molecule has 1 aromatic carbocycles. The van der Waals surface area contributed by atoms with Gasteiger partial charge in [-0.1, -0.05) is 0 Å². The van der Waals surface area contributed by atoms with E-state index in [-0.39, 0.29) is 0 Å². The Hall–Kier alpha value is 0.0600. The van der Waals surface area contributed by atoms with Crippen LogP contribution in [0.25, 0.3) is 10.1 Å². The van der Waals surface area contributed by atoms with Gasteiger partial charge < -0.3 is 5.73 Å². The highest BCUT2D eigenvalue weighted by Gasteiger charge is 2.04. The summed E-state index contributed by atoms with van der Waals surface area (Å²) in [6.45, 7) is 0. The van der Waals surface area contributed by atoms with E-state index in [1.807, 2.05) is 12.1 Å². The molecule has 62 valence electrons. The number of nitrogens with two attached hydrogens (primary N) is 1. The van der Waals surface area contributed by atoms with Gasteiger partial charge in [-0.05, 0) is 34.7 Å². The SMILES string of the molecule is Nc1cc(S)cc2c(I)csc12. The van der Waals surface area contributed by atoms with Crippen LogP contribution < -0.4 is 5.73 Å². The summed E-state index contributed by atoms with van der Waals surface area (Å²) in [6.07, 6.45) is 0. The summed E-state index contributed by atoms with van der Waals surface area (Å²) < 4.78 is 2.41. The van der Waals surface area contributed by atoms with Crippen molar-refractivity contribution in [1.29, 1.82) is 0 Å². The molecule has 4 heteroatoms. The summed E-state index contributed by atoms with van der Waals surface area (Å²) in [7, 11) is 0. The van der Waals surface area contributed by atoms with Crippen molar-refractivity contribution in [3.05, 3.63) is 21.1 Å². The predicted octanol–water partition coefficient (Wildman–Crippen LogP) is 3.38. The Morgan fingerprint density at radius 3 is 2.92 bits per heavy atom. The molecule has 12 heavy (non-hydrogen) atoms. The highest BCUT2D eigenvalue weighted by atomic mass is 127. The number of hydrogen-bond donors (Lipinski definition) is 2. The topological polar surface area (TPSA) is 26.0 Å². The molecule has 2 rings (SSSR count). The quantitative estimate of drug-likeness (QED) is 0.435. The van der Waals surface area contributed by atoms with Gasteiger partial charge >= 0.3 is 0 Å². The third-order valence-corrected chi connectivity index (χ3v) is 4.26. The molecule has 2 aromatic rings. The van der Waals surface area contributed by atoms with Crippen LogP contribution in [0, 0.1) is 3.57 Å². The molecule has 0 atom stereocenters. The summed E-state index contributed by atoms with van der Waals surface area (Å²) in [4.78, 5) is 0.927. The van der Waals surface area contributed by atoms with E-state index in [2.05, 4.69) is 40.6 Å². The van der Waals surface area contributed by atoms with Gasteiger partial charge in [-0.15, -0.1) is 24.0 Å². The lowest BCUT2D eigenvalue weighted by Crippen LogP contribution is -1.84. The zero-order valence-electron chi connectivity index (χ0n) is 6.04. The van der Waals surface area contributed by atoms with Crippen molar-refractivity contribution in [3.8, 4) is 0 Å². The lowest BCUT2D eigenvalue weighted by Gasteiger charge is -1.97. The first-order valence-corrected chi connectivity index (χ1v) is 5.74. The normalized spacial score (nSPS) is 10.8. The van der Waals surface area contributed by atoms with E-state index in [4.69, 9.17) is 5.73 Å². The molecule has 2 N–H and O–H groups in total. The van der Waals surface area contributed by atoms with Gasteiger partial charge in [-0.2, -0.15) is 0 Å². The molecule has 0 saturated heterocycles. The third kappa shape index (κ3) is 1.31. The monoisotopic (exact) mass is 307 g/mol. The molecule has 0 spiro atoms. The van der Waals surface area contributed by atoms with Crippen LogP contribution in [-0.2, 0) is 0 Å². The van der Waals surface area contributed by atoms with Crippen LogP contribution in [0.1, 0.15) is 0 Å². The lowest BCUT2D eigenvalue weighted by atomic mass is 10.2. The molecule has 0 aliphatic heterocycles. The van der Waals surface area contributed by atoms with Crippen LogP contribution >= 0.6 is 46.6 Å². The minimum atomic E-state index is 0.824. The first-order valence-electron chi connectivity index (χ1n) is 3.33. The van der Waals surface area contributed by atoms with Crippen molar-refractivity contribution in [3.63, 3.8) is 0 Å². The fourth-order valence-corrected chi connectivity index (χ4v) is 3.22. The molecule has 1 aromatic heterocycles. The number of fused-ring (bicyclic) bond motifs is 1. The van der Waals surface area contributed by atoms with Crippen LogP contribution in [0.15, 0.2) is 22.4 Å². The van der Waals surface area contributed by atoms with Gasteiger partial charge in [0.1, 0.15) is 0 Å². The summed E-state index contributed by atoms with van der Waals surface area (Å²) in [5.41, 5.74) is 6.65. The van der Waals surface area contributed by atoms with Gasteiger partial charge in [0.25, 0.3) is 0 Å². The molecule has 0 unspecified atom stereocenters. The molecule has 0 saturated carbocycles. The zero-order valence-corrected chi connectivity index (χ0v) is 9.91. The summed E-state index contributed by atoms with van der Waals surface area (Å²) in [6, 6.07) is 3.94. The van der Waals surface area contributed by atoms with Gasteiger partial charge in [-0.3, -0.25) is 0 Å². The van der Waals surface area contributed by atoms with Crippen molar-refractivity contribution in [1.82, 2.24) is 0 Å². The summed E-state index contributed by atoms with van der Waals surface area (Å²) in [5, 5.41) is 3.32.